The molecule has 2 N–H and O–H groups in total. The van der Waals surface area contributed by atoms with Gasteiger partial charge in [0.25, 0.3) is 0 Å². The van der Waals surface area contributed by atoms with Gasteiger partial charge >= 0.3 is 0 Å². The van der Waals surface area contributed by atoms with Gasteiger partial charge in [-0.2, -0.15) is 0 Å². The van der Waals surface area contributed by atoms with Crippen LogP contribution in [-0.2, 0) is 21.4 Å². The van der Waals surface area contributed by atoms with E-state index in [9.17, 15) is 8.42 Å². The molecule has 19 heavy (non-hydrogen) atoms. The maximum Gasteiger partial charge on any atom is 0.250 e. The Kier molecular flexibility index (Phi) is 6.95. The molecule has 0 aromatic carbocycles. The van der Waals surface area contributed by atoms with Crippen molar-refractivity contribution in [3.05, 3.63) is 17.0 Å². The molecular weight excluding hydrogens is 286 g/mol. The first kappa shape index (κ1) is 16.6. The minimum atomic E-state index is -3.48. The quantitative estimate of drug-likeness (QED) is 0.679. The SMILES string of the molecule is CC(C)CCOCCNS(=O)(=O)c1ccc(CO)s1. The number of thiophene rings is 1. The van der Waals surface area contributed by atoms with E-state index in [4.69, 9.17) is 9.84 Å². The van der Waals surface area contributed by atoms with Gasteiger partial charge in [-0.05, 0) is 24.5 Å². The van der Waals surface area contributed by atoms with Crippen molar-refractivity contribution in [2.24, 2.45) is 5.92 Å². The van der Waals surface area contributed by atoms with Crippen LogP contribution in [0.4, 0.5) is 0 Å². The summed E-state index contributed by atoms with van der Waals surface area (Å²) in [7, 11) is -3.48. The number of aliphatic hydroxyl groups excluding tert-OH is 1. The number of aliphatic hydroxyl groups is 1. The third-order valence-corrected chi connectivity index (χ3v) is 5.46. The highest BCUT2D eigenvalue weighted by Crippen LogP contribution is 2.20. The summed E-state index contributed by atoms with van der Waals surface area (Å²) in [5.41, 5.74) is 0. The summed E-state index contributed by atoms with van der Waals surface area (Å²) in [5, 5.41) is 8.91. The monoisotopic (exact) mass is 307 g/mol. The molecule has 0 amide bonds. The van der Waals surface area contributed by atoms with E-state index < -0.39 is 10.0 Å². The highest BCUT2D eigenvalue weighted by molar-refractivity contribution is 7.91. The Morgan fingerprint density at radius 1 is 1.37 bits per heavy atom. The number of sulfonamides is 1. The predicted molar refractivity (Wildman–Crippen MR) is 75.7 cm³/mol. The van der Waals surface area contributed by atoms with Crippen LogP contribution >= 0.6 is 11.3 Å². The summed E-state index contributed by atoms with van der Waals surface area (Å²) in [4.78, 5) is 0.633. The van der Waals surface area contributed by atoms with Crippen molar-refractivity contribution in [3.63, 3.8) is 0 Å². The largest absolute Gasteiger partial charge is 0.391 e. The number of nitrogens with one attached hydrogen (secondary N) is 1. The molecule has 7 heteroatoms. The van der Waals surface area contributed by atoms with Crippen LogP contribution in [0.15, 0.2) is 16.3 Å². The molecule has 0 unspecified atom stereocenters. The number of rotatable bonds is 9. The Hall–Kier alpha value is -0.470. The second-order valence-corrected chi connectivity index (χ2v) is 7.73. The fourth-order valence-electron chi connectivity index (χ4n) is 1.33. The van der Waals surface area contributed by atoms with Crippen molar-refractivity contribution >= 4 is 21.4 Å². The van der Waals surface area contributed by atoms with Gasteiger partial charge in [-0.3, -0.25) is 0 Å². The van der Waals surface area contributed by atoms with Crippen LogP contribution in [0, 0.1) is 5.92 Å². The molecule has 0 atom stereocenters. The van der Waals surface area contributed by atoms with Crippen molar-refractivity contribution in [1.29, 1.82) is 0 Å². The van der Waals surface area contributed by atoms with Crippen molar-refractivity contribution in [2.75, 3.05) is 19.8 Å². The van der Waals surface area contributed by atoms with Crippen molar-refractivity contribution < 1.29 is 18.3 Å². The molecule has 0 fully saturated rings. The van der Waals surface area contributed by atoms with Crippen molar-refractivity contribution in [1.82, 2.24) is 4.72 Å². The lowest BCUT2D eigenvalue weighted by molar-refractivity contribution is 0.128. The van der Waals surface area contributed by atoms with E-state index in [1.165, 1.54) is 6.07 Å². The van der Waals surface area contributed by atoms with Crippen LogP contribution in [0.5, 0.6) is 0 Å². The molecule has 0 aliphatic heterocycles. The van der Waals surface area contributed by atoms with Gasteiger partial charge in [0.1, 0.15) is 4.21 Å². The molecule has 1 heterocycles. The first-order valence-electron chi connectivity index (χ1n) is 6.22. The van der Waals surface area contributed by atoms with Gasteiger partial charge < -0.3 is 9.84 Å². The molecule has 0 saturated carbocycles. The fourth-order valence-corrected chi connectivity index (χ4v) is 3.60. The van der Waals surface area contributed by atoms with Crippen LogP contribution in [0.1, 0.15) is 25.1 Å². The summed E-state index contributed by atoms with van der Waals surface area (Å²) < 4.78 is 31.8. The molecular formula is C12H21NO4S2. The number of hydrogen-bond acceptors (Lipinski definition) is 5. The molecule has 0 spiro atoms. The molecule has 1 aromatic heterocycles. The highest BCUT2D eigenvalue weighted by atomic mass is 32.2. The highest BCUT2D eigenvalue weighted by Gasteiger charge is 2.15. The van der Waals surface area contributed by atoms with Crippen molar-refractivity contribution in [2.45, 2.75) is 31.1 Å². The molecule has 5 nitrogen and oxygen atoms in total. The van der Waals surface area contributed by atoms with E-state index in [0.717, 1.165) is 17.8 Å². The zero-order valence-corrected chi connectivity index (χ0v) is 12.9. The lowest BCUT2D eigenvalue weighted by Crippen LogP contribution is -2.27. The van der Waals surface area contributed by atoms with Gasteiger partial charge in [0.15, 0.2) is 0 Å². The number of ether oxygens (including phenoxy) is 1. The van der Waals surface area contributed by atoms with E-state index in [2.05, 4.69) is 18.6 Å². The van der Waals surface area contributed by atoms with Gasteiger partial charge in [0.05, 0.1) is 13.2 Å². The molecule has 0 aliphatic rings. The van der Waals surface area contributed by atoms with Gasteiger partial charge in [0, 0.05) is 18.0 Å². The molecule has 1 rings (SSSR count). The minimum absolute atomic E-state index is 0.140. The first-order valence-corrected chi connectivity index (χ1v) is 8.52. The Labute approximate surface area is 118 Å². The van der Waals surface area contributed by atoms with Gasteiger partial charge in [-0.15, -0.1) is 11.3 Å². The summed E-state index contributed by atoms with van der Waals surface area (Å²) in [5.74, 6) is 0.583. The summed E-state index contributed by atoms with van der Waals surface area (Å²) in [6.45, 7) is 5.35. The molecule has 110 valence electrons. The normalized spacial score (nSPS) is 12.2. The van der Waals surface area contributed by atoms with Gasteiger partial charge in [-0.25, -0.2) is 13.1 Å². The second-order valence-electron chi connectivity index (χ2n) is 4.57. The van der Waals surface area contributed by atoms with E-state index in [-0.39, 0.29) is 17.4 Å². The topological polar surface area (TPSA) is 75.6 Å². The van der Waals surface area contributed by atoms with Gasteiger partial charge in [0.2, 0.25) is 10.0 Å². The van der Waals surface area contributed by atoms with Crippen molar-refractivity contribution in [3.8, 4) is 0 Å². The molecule has 0 aliphatic carbocycles. The van der Waals surface area contributed by atoms with E-state index >= 15 is 0 Å². The predicted octanol–water partition coefficient (Wildman–Crippen LogP) is 1.58. The second kappa shape index (κ2) is 7.96. The van der Waals surface area contributed by atoms with E-state index in [0.29, 0.717) is 24.0 Å². The smallest absolute Gasteiger partial charge is 0.250 e. The zero-order chi connectivity index (χ0) is 14.3. The summed E-state index contributed by atoms with van der Waals surface area (Å²) in [6.07, 6.45) is 0.970. The van der Waals surface area contributed by atoms with E-state index in [1.807, 2.05) is 0 Å². The van der Waals surface area contributed by atoms with Gasteiger partial charge in [-0.1, -0.05) is 13.8 Å². The minimum Gasteiger partial charge on any atom is -0.391 e. The van der Waals surface area contributed by atoms with Crippen LogP contribution in [-0.4, -0.2) is 33.3 Å². The zero-order valence-electron chi connectivity index (χ0n) is 11.3. The third kappa shape index (κ3) is 6.01. The Bertz CT molecular complexity index is 468. The van der Waals surface area contributed by atoms with E-state index in [1.54, 1.807) is 6.07 Å². The summed E-state index contributed by atoms with van der Waals surface area (Å²) >= 11 is 1.07. The Balaban J connectivity index is 2.31. The molecule has 0 saturated heterocycles. The maximum absolute atomic E-state index is 11.9. The molecule has 0 bridgehead atoms. The standard InChI is InChI=1S/C12H21NO4S2/c1-10(2)5-7-17-8-6-13-19(15,16)12-4-3-11(9-14)18-12/h3-4,10,13-14H,5-9H2,1-2H3. The Morgan fingerprint density at radius 3 is 2.68 bits per heavy atom. The van der Waals surface area contributed by atoms with Crippen LogP contribution in [0.2, 0.25) is 0 Å². The first-order chi connectivity index (χ1) is 8.95. The lowest BCUT2D eigenvalue weighted by Gasteiger charge is -2.07. The average molecular weight is 307 g/mol. The number of hydrogen-bond donors (Lipinski definition) is 2. The van der Waals surface area contributed by atoms with Crippen LogP contribution < -0.4 is 4.72 Å². The van der Waals surface area contributed by atoms with Crippen LogP contribution in [0.25, 0.3) is 0 Å². The fraction of sp³-hybridized carbons (Fsp3) is 0.667. The third-order valence-electron chi connectivity index (χ3n) is 2.44. The Morgan fingerprint density at radius 2 is 2.11 bits per heavy atom. The molecule has 0 radical (unpaired) electrons. The van der Waals surface area contributed by atoms with Crippen LogP contribution in [0.3, 0.4) is 0 Å². The lowest BCUT2D eigenvalue weighted by atomic mass is 10.1. The summed E-state index contributed by atoms with van der Waals surface area (Å²) in [6, 6.07) is 3.11. The molecule has 1 aromatic rings. The average Bonchev–Trinajstić information content (AvgIpc) is 2.82. The maximum atomic E-state index is 11.9.